The lowest BCUT2D eigenvalue weighted by molar-refractivity contribution is 0.200. The standard InChI is InChI=1S/C13H26N4O/c1-3-4-5-6-10-17-13(8-11-18-2)12(7-9-14)15-16-17/h3-11,14H2,1-2H3. The molecule has 0 unspecified atom stereocenters. The van der Waals surface area contributed by atoms with E-state index in [9.17, 15) is 0 Å². The van der Waals surface area contributed by atoms with Gasteiger partial charge in [-0.3, -0.25) is 0 Å². The first-order valence-electron chi connectivity index (χ1n) is 6.93. The van der Waals surface area contributed by atoms with Crippen LogP contribution < -0.4 is 5.73 Å². The van der Waals surface area contributed by atoms with E-state index in [2.05, 4.69) is 17.2 Å². The molecule has 104 valence electrons. The van der Waals surface area contributed by atoms with Crippen LogP contribution in [-0.4, -0.2) is 35.3 Å². The zero-order chi connectivity index (χ0) is 13.2. The van der Waals surface area contributed by atoms with Gasteiger partial charge in [0.25, 0.3) is 0 Å². The maximum absolute atomic E-state index is 5.60. The zero-order valence-electron chi connectivity index (χ0n) is 11.7. The van der Waals surface area contributed by atoms with E-state index in [0.29, 0.717) is 13.2 Å². The van der Waals surface area contributed by atoms with Gasteiger partial charge in [-0.1, -0.05) is 31.4 Å². The summed E-state index contributed by atoms with van der Waals surface area (Å²) >= 11 is 0. The van der Waals surface area contributed by atoms with Gasteiger partial charge in [-0.25, -0.2) is 4.68 Å². The maximum Gasteiger partial charge on any atom is 0.0872 e. The number of nitrogens with zero attached hydrogens (tertiary/aromatic N) is 3. The molecular weight excluding hydrogens is 228 g/mol. The van der Waals surface area contributed by atoms with Crippen molar-refractivity contribution in [2.24, 2.45) is 5.73 Å². The number of rotatable bonds is 10. The van der Waals surface area contributed by atoms with Gasteiger partial charge >= 0.3 is 0 Å². The van der Waals surface area contributed by atoms with Crippen molar-refractivity contribution in [3.63, 3.8) is 0 Å². The molecule has 1 rings (SSSR count). The summed E-state index contributed by atoms with van der Waals surface area (Å²) in [6.45, 7) is 4.50. The molecular formula is C13H26N4O. The van der Waals surface area contributed by atoms with E-state index in [0.717, 1.165) is 25.1 Å². The SMILES string of the molecule is CCCCCCn1nnc(CCN)c1CCOC. The molecule has 0 aliphatic heterocycles. The molecule has 0 spiro atoms. The largest absolute Gasteiger partial charge is 0.384 e. The smallest absolute Gasteiger partial charge is 0.0872 e. The highest BCUT2D eigenvalue weighted by Crippen LogP contribution is 2.10. The minimum atomic E-state index is 0.620. The van der Waals surface area contributed by atoms with Gasteiger partial charge in [-0.05, 0) is 13.0 Å². The molecule has 0 saturated heterocycles. The second-order valence-corrected chi connectivity index (χ2v) is 4.55. The predicted molar refractivity (Wildman–Crippen MR) is 72.5 cm³/mol. The molecule has 0 saturated carbocycles. The summed E-state index contributed by atoms with van der Waals surface area (Å²) in [7, 11) is 1.72. The van der Waals surface area contributed by atoms with Crippen LogP contribution in [0.15, 0.2) is 0 Å². The van der Waals surface area contributed by atoms with Crippen molar-refractivity contribution in [1.82, 2.24) is 15.0 Å². The number of ether oxygens (including phenoxy) is 1. The van der Waals surface area contributed by atoms with Crippen molar-refractivity contribution in [3.05, 3.63) is 11.4 Å². The molecule has 0 aliphatic carbocycles. The molecule has 0 atom stereocenters. The average Bonchev–Trinajstić information content (AvgIpc) is 2.75. The summed E-state index contributed by atoms with van der Waals surface area (Å²) in [5, 5.41) is 8.48. The Morgan fingerprint density at radius 1 is 1.22 bits per heavy atom. The lowest BCUT2D eigenvalue weighted by Crippen LogP contribution is -2.11. The first-order valence-corrected chi connectivity index (χ1v) is 6.93. The summed E-state index contributed by atoms with van der Waals surface area (Å²) in [5.41, 5.74) is 7.82. The molecule has 0 aromatic carbocycles. The Labute approximate surface area is 110 Å². The fourth-order valence-electron chi connectivity index (χ4n) is 2.04. The first-order chi connectivity index (χ1) is 8.83. The first kappa shape index (κ1) is 15.1. The van der Waals surface area contributed by atoms with Gasteiger partial charge in [0, 0.05) is 26.5 Å². The normalized spacial score (nSPS) is 11.1. The van der Waals surface area contributed by atoms with E-state index < -0.39 is 0 Å². The summed E-state index contributed by atoms with van der Waals surface area (Å²) in [6.07, 6.45) is 6.64. The molecule has 0 radical (unpaired) electrons. The molecule has 5 heteroatoms. The van der Waals surface area contributed by atoms with Gasteiger partial charge in [0.05, 0.1) is 18.0 Å². The summed E-state index contributed by atoms with van der Waals surface area (Å²) < 4.78 is 7.17. The van der Waals surface area contributed by atoms with Crippen LogP contribution >= 0.6 is 0 Å². The van der Waals surface area contributed by atoms with Crippen molar-refractivity contribution >= 4 is 0 Å². The maximum atomic E-state index is 5.60. The van der Waals surface area contributed by atoms with Crippen LogP contribution in [0.1, 0.15) is 44.0 Å². The monoisotopic (exact) mass is 254 g/mol. The van der Waals surface area contributed by atoms with Crippen molar-refractivity contribution in [1.29, 1.82) is 0 Å². The Balaban J connectivity index is 2.58. The van der Waals surface area contributed by atoms with Crippen molar-refractivity contribution in [3.8, 4) is 0 Å². The third-order valence-electron chi connectivity index (χ3n) is 3.07. The molecule has 0 fully saturated rings. The number of aryl methyl sites for hydroxylation is 1. The summed E-state index contributed by atoms with van der Waals surface area (Å²) in [5.74, 6) is 0. The van der Waals surface area contributed by atoms with Crippen LogP contribution in [0.2, 0.25) is 0 Å². The van der Waals surface area contributed by atoms with E-state index in [4.69, 9.17) is 10.5 Å². The summed E-state index contributed by atoms with van der Waals surface area (Å²) in [6, 6.07) is 0. The second-order valence-electron chi connectivity index (χ2n) is 4.55. The third-order valence-corrected chi connectivity index (χ3v) is 3.07. The molecule has 0 bridgehead atoms. The number of methoxy groups -OCH3 is 1. The van der Waals surface area contributed by atoms with Crippen molar-refractivity contribution < 1.29 is 4.74 Å². The predicted octanol–water partition coefficient (Wildman–Crippen LogP) is 1.55. The van der Waals surface area contributed by atoms with Crippen molar-refractivity contribution in [2.75, 3.05) is 20.3 Å². The quantitative estimate of drug-likeness (QED) is 0.643. The minimum absolute atomic E-state index is 0.620. The van der Waals surface area contributed by atoms with Crippen LogP contribution in [0.5, 0.6) is 0 Å². The topological polar surface area (TPSA) is 66.0 Å². The lowest BCUT2D eigenvalue weighted by atomic mass is 10.2. The van der Waals surface area contributed by atoms with Gasteiger partial charge in [0.2, 0.25) is 0 Å². The Hall–Kier alpha value is -0.940. The Morgan fingerprint density at radius 2 is 2.06 bits per heavy atom. The highest BCUT2D eigenvalue weighted by Gasteiger charge is 2.11. The van der Waals surface area contributed by atoms with Gasteiger partial charge in [-0.2, -0.15) is 0 Å². The van der Waals surface area contributed by atoms with Crippen LogP contribution in [0.4, 0.5) is 0 Å². The fraction of sp³-hybridized carbons (Fsp3) is 0.846. The van der Waals surface area contributed by atoms with Gasteiger partial charge in [0.1, 0.15) is 0 Å². The van der Waals surface area contributed by atoms with Gasteiger partial charge in [0.15, 0.2) is 0 Å². The van der Waals surface area contributed by atoms with Gasteiger partial charge < -0.3 is 10.5 Å². The van der Waals surface area contributed by atoms with Gasteiger partial charge in [-0.15, -0.1) is 5.10 Å². The summed E-state index contributed by atoms with van der Waals surface area (Å²) in [4.78, 5) is 0. The minimum Gasteiger partial charge on any atom is -0.384 e. The third kappa shape index (κ3) is 4.74. The number of nitrogens with two attached hydrogens (primary N) is 1. The Kier molecular flexibility index (Phi) is 7.60. The molecule has 1 aromatic heterocycles. The number of aromatic nitrogens is 3. The van der Waals surface area contributed by atoms with E-state index in [1.165, 1.54) is 31.4 Å². The second kappa shape index (κ2) is 9.05. The van der Waals surface area contributed by atoms with Crippen LogP contribution in [0, 0.1) is 0 Å². The molecule has 2 N–H and O–H groups in total. The number of unbranched alkanes of at least 4 members (excludes halogenated alkanes) is 3. The molecule has 0 amide bonds. The van der Waals surface area contributed by atoms with E-state index >= 15 is 0 Å². The Morgan fingerprint density at radius 3 is 2.72 bits per heavy atom. The molecule has 18 heavy (non-hydrogen) atoms. The van der Waals surface area contributed by atoms with E-state index in [-0.39, 0.29) is 0 Å². The molecule has 0 aliphatic rings. The van der Waals surface area contributed by atoms with Crippen LogP contribution in [0.25, 0.3) is 0 Å². The fourth-order valence-corrected chi connectivity index (χ4v) is 2.04. The Bertz CT molecular complexity index is 325. The van der Waals surface area contributed by atoms with E-state index in [1.54, 1.807) is 7.11 Å². The zero-order valence-corrected chi connectivity index (χ0v) is 11.7. The van der Waals surface area contributed by atoms with Crippen molar-refractivity contribution in [2.45, 2.75) is 52.0 Å². The molecule has 1 aromatic rings. The van der Waals surface area contributed by atoms with Crippen LogP contribution in [-0.2, 0) is 24.1 Å². The highest BCUT2D eigenvalue weighted by atomic mass is 16.5. The average molecular weight is 254 g/mol. The highest BCUT2D eigenvalue weighted by molar-refractivity contribution is 5.11. The molecule has 1 heterocycles. The van der Waals surface area contributed by atoms with E-state index in [1.807, 2.05) is 4.68 Å². The van der Waals surface area contributed by atoms with Crippen LogP contribution in [0.3, 0.4) is 0 Å². The number of hydrogen-bond donors (Lipinski definition) is 1. The number of hydrogen-bond acceptors (Lipinski definition) is 4. The molecule has 5 nitrogen and oxygen atoms in total. The lowest BCUT2D eigenvalue weighted by Gasteiger charge is -2.07.